The van der Waals surface area contributed by atoms with Crippen LogP contribution < -0.4 is 0 Å². The predicted octanol–water partition coefficient (Wildman–Crippen LogP) is 4.67. The number of rotatable bonds is 4. The summed E-state index contributed by atoms with van der Waals surface area (Å²) in [5.74, 6) is 0.755. The minimum atomic E-state index is -4.34. The van der Waals surface area contributed by atoms with Gasteiger partial charge in [0.25, 0.3) is 0 Å². The summed E-state index contributed by atoms with van der Waals surface area (Å²) in [6, 6.07) is 15.2. The zero-order valence-electron chi connectivity index (χ0n) is 15.1. The Morgan fingerprint density at radius 2 is 1.82 bits per heavy atom. The lowest BCUT2D eigenvalue weighted by Gasteiger charge is -2.34. The van der Waals surface area contributed by atoms with E-state index >= 15 is 0 Å². The van der Waals surface area contributed by atoms with Crippen LogP contribution in [0.1, 0.15) is 23.0 Å². The van der Waals surface area contributed by atoms with E-state index in [2.05, 4.69) is 27.0 Å². The summed E-state index contributed by atoms with van der Waals surface area (Å²) >= 11 is 0. The smallest absolute Gasteiger partial charge is 0.378 e. The zero-order valence-corrected chi connectivity index (χ0v) is 15.1. The van der Waals surface area contributed by atoms with E-state index in [1.807, 2.05) is 18.2 Å². The molecule has 1 fully saturated rings. The molecular formula is C21H20F3N3O. The van der Waals surface area contributed by atoms with Crippen molar-refractivity contribution in [1.82, 2.24) is 14.9 Å². The van der Waals surface area contributed by atoms with E-state index in [0.29, 0.717) is 24.5 Å². The van der Waals surface area contributed by atoms with Crippen molar-refractivity contribution in [3.63, 3.8) is 0 Å². The van der Waals surface area contributed by atoms with Crippen LogP contribution in [0.15, 0.2) is 60.8 Å². The monoisotopic (exact) mass is 387 g/mol. The lowest BCUT2D eigenvalue weighted by molar-refractivity contribution is -0.137. The van der Waals surface area contributed by atoms with Crippen molar-refractivity contribution in [3.05, 3.63) is 77.7 Å². The van der Waals surface area contributed by atoms with Crippen molar-refractivity contribution in [1.29, 1.82) is 0 Å². The fourth-order valence-corrected chi connectivity index (χ4v) is 3.39. The Morgan fingerprint density at radius 1 is 1.07 bits per heavy atom. The van der Waals surface area contributed by atoms with Crippen molar-refractivity contribution >= 4 is 0 Å². The molecule has 7 heteroatoms. The zero-order chi connectivity index (χ0) is 19.6. The molecule has 2 aromatic carbocycles. The van der Waals surface area contributed by atoms with Crippen LogP contribution in [0.3, 0.4) is 0 Å². The number of benzene rings is 2. The van der Waals surface area contributed by atoms with Gasteiger partial charge in [-0.1, -0.05) is 42.5 Å². The Labute approximate surface area is 161 Å². The van der Waals surface area contributed by atoms with Crippen molar-refractivity contribution in [2.75, 3.05) is 19.8 Å². The number of nitrogens with one attached hydrogen (secondary N) is 1. The average Bonchev–Trinajstić information content (AvgIpc) is 3.19. The molecule has 0 saturated carbocycles. The van der Waals surface area contributed by atoms with Crippen LogP contribution in [0.25, 0.3) is 11.3 Å². The number of hydrogen-bond acceptors (Lipinski definition) is 3. The second-order valence-corrected chi connectivity index (χ2v) is 6.80. The standard InChI is InChI=1S/C21H20F3N3O/c22-21(23,24)17-8-6-16(7-9-17)18-12-25-20(26-18)19-14-28-11-10-27(19)13-15-4-2-1-3-5-15/h1-9,12,19H,10-11,13-14H2,(H,25,26). The van der Waals surface area contributed by atoms with E-state index in [4.69, 9.17) is 4.74 Å². The number of H-pyrrole nitrogens is 1. The Hall–Kier alpha value is -2.64. The van der Waals surface area contributed by atoms with Crippen molar-refractivity contribution < 1.29 is 17.9 Å². The summed E-state index contributed by atoms with van der Waals surface area (Å²) in [6.45, 7) is 2.75. The summed E-state index contributed by atoms with van der Waals surface area (Å²) < 4.78 is 43.9. The van der Waals surface area contributed by atoms with Crippen molar-refractivity contribution in [2.24, 2.45) is 0 Å². The Bertz CT molecular complexity index is 907. The number of halogens is 3. The molecule has 1 atom stereocenters. The first-order valence-electron chi connectivity index (χ1n) is 9.09. The van der Waals surface area contributed by atoms with Gasteiger partial charge in [-0.3, -0.25) is 4.90 Å². The molecule has 0 amide bonds. The molecule has 2 heterocycles. The molecule has 0 aliphatic carbocycles. The molecule has 0 radical (unpaired) electrons. The Balaban J connectivity index is 1.53. The third kappa shape index (κ3) is 4.10. The molecule has 1 saturated heterocycles. The molecule has 4 rings (SSSR count). The predicted molar refractivity (Wildman–Crippen MR) is 99.4 cm³/mol. The van der Waals surface area contributed by atoms with Crippen LogP contribution in [0.2, 0.25) is 0 Å². The lowest BCUT2D eigenvalue weighted by Crippen LogP contribution is -2.39. The molecule has 146 valence electrons. The molecule has 1 unspecified atom stereocenters. The summed E-state index contributed by atoms with van der Waals surface area (Å²) in [5.41, 5.74) is 1.90. The first kappa shape index (κ1) is 18.7. The van der Waals surface area contributed by atoms with E-state index in [1.54, 1.807) is 6.20 Å². The molecule has 0 spiro atoms. The van der Waals surface area contributed by atoms with Gasteiger partial charge in [-0.05, 0) is 23.3 Å². The maximum absolute atomic E-state index is 12.8. The van der Waals surface area contributed by atoms with Crippen LogP contribution >= 0.6 is 0 Å². The van der Waals surface area contributed by atoms with Crippen molar-refractivity contribution in [3.8, 4) is 11.3 Å². The number of nitrogens with zero attached hydrogens (tertiary/aromatic N) is 2. The third-order valence-corrected chi connectivity index (χ3v) is 4.90. The molecule has 1 aliphatic rings. The van der Waals surface area contributed by atoms with Gasteiger partial charge in [0.1, 0.15) is 5.82 Å². The number of imidazole rings is 1. The number of alkyl halides is 3. The highest BCUT2D eigenvalue weighted by Crippen LogP contribution is 2.31. The third-order valence-electron chi connectivity index (χ3n) is 4.90. The highest BCUT2D eigenvalue weighted by Gasteiger charge is 2.30. The number of morpholine rings is 1. The quantitative estimate of drug-likeness (QED) is 0.707. The highest BCUT2D eigenvalue weighted by atomic mass is 19.4. The van der Waals surface area contributed by atoms with E-state index < -0.39 is 11.7 Å². The first-order valence-corrected chi connectivity index (χ1v) is 9.09. The van der Waals surface area contributed by atoms with E-state index in [9.17, 15) is 13.2 Å². The van der Waals surface area contributed by atoms with Gasteiger partial charge in [0, 0.05) is 13.1 Å². The second-order valence-electron chi connectivity index (χ2n) is 6.80. The fraction of sp³-hybridized carbons (Fsp3) is 0.286. The average molecular weight is 387 g/mol. The van der Waals surface area contributed by atoms with Gasteiger partial charge in [-0.15, -0.1) is 0 Å². The lowest BCUT2D eigenvalue weighted by atomic mass is 10.1. The largest absolute Gasteiger partial charge is 0.416 e. The van der Waals surface area contributed by atoms with Crippen LogP contribution in [0.5, 0.6) is 0 Å². The van der Waals surface area contributed by atoms with E-state index in [-0.39, 0.29) is 6.04 Å². The fourth-order valence-electron chi connectivity index (χ4n) is 3.39. The van der Waals surface area contributed by atoms with E-state index in [1.165, 1.54) is 17.7 Å². The van der Waals surface area contributed by atoms with Crippen LogP contribution in [0, 0.1) is 0 Å². The topological polar surface area (TPSA) is 41.1 Å². The molecule has 3 aromatic rings. The molecule has 1 aromatic heterocycles. The molecule has 1 N–H and O–H groups in total. The van der Waals surface area contributed by atoms with Gasteiger partial charge in [0.05, 0.1) is 36.7 Å². The first-order chi connectivity index (χ1) is 13.5. The van der Waals surface area contributed by atoms with Crippen LogP contribution in [0.4, 0.5) is 13.2 Å². The number of aromatic nitrogens is 2. The minimum Gasteiger partial charge on any atom is -0.378 e. The maximum atomic E-state index is 12.8. The van der Waals surface area contributed by atoms with Gasteiger partial charge in [0.15, 0.2) is 0 Å². The minimum absolute atomic E-state index is 0.0304. The SMILES string of the molecule is FC(F)(F)c1ccc(-c2cnc(C3COCCN3Cc3ccccc3)[nH]2)cc1. The van der Waals surface area contributed by atoms with Gasteiger partial charge in [0.2, 0.25) is 0 Å². The van der Waals surface area contributed by atoms with Gasteiger partial charge >= 0.3 is 6.18 Å². The molecule has 0 bridgehead atoms. The summed E-state index contributed by atoms with van der Waals surface area (Å²) in [6.07, 6.45) is -2.68. The summed E-state index contributed by atoms with van der Waals surface area (Å²) in [5, 5.41) is 0. The van der Waals surface area contributed by atoms with Gasteiger partial charge < -0.3 is 9.72 Å². The van der Waals surface area contributed by atoms with Crippen LogP contribution in [-0.4, -0.2) is 34.6 Å². The maximum Gasteiger partial charge on any atom is 0.416 e. The Morgan fingerprint density at radius 3 is 2.54 bits per heavy atom. The van der Waals surface area contributed by atoms with Crippen molar-refractivity contribution in [2.45, 2.75) is 18.8 Å². The Kier molecular flexibility index (Phi) is 5.19. The van der Waals surface area contributed by atoms with Crippen LogP contribution in [-0.2, 0) is 17.5 Å². The second kappa shape index (κ2) is 7.77. The molecule has 28 heavy (non-hydrogen) atoms. The highest BCUT2D eigenvalue weighted by molar-refractivity contribution is 5.59. The molecular weight excluding hydrogens is 367 g/mol. The molecule has 1 aliphatic heterocycles. The number of hydrogen-bond donors (Lipinski definition) is 1. The summed E-state index contributed by atoms with van der Waals surface area (Å²) in [7, 11) is 0. The number of ether oxygens (including phenoxy) is 1. The summed E-state index contributed by atoms with van der Waals surface area (Å²) in [4.78, 5) is 10.0. The van der Waals surface area contributed by atoms with Gasteiger partial charge in [-0.25, -0.2) is 4.98 Å². The molecule has 4 nitrogen and oxygen atoms in total. The number of aromatic amines is 1. The van der Waals surface area contributed by atoms with E-state index in [0.717, 1.165) is 31.0 Å². The normalized spacial score (nSPS) is 18.3. The van der Waals surface area contributed by atoms with Gasteiger partial charge in [-0.2, -0.15) is 13.2 Å².